The molecule has 0 atom stereocenters. The second kappa shape index (κ2) is 6.08. The normalized spacial score (nSPS) is 11.6. The molecule has 23 heavy (non-hydrogen) atoms. The maximum absolute atomic E-state index is 12.4. The Morgan fingerprint density at radius 3 is 2.61 bits per heavy atom. The summed E-state index contributed by atoms with van der Waals surface area (Å²) in [5, 5.41) is 10.9. The summed E-state index contributed by atoms with van der Waals surface area (Å²) in [6.07, 6.45) is 1.46. The molecule has 1 N–H and O–H groups in total. The van der Waals surface area contributed by atoms with Crippen molar-refractivity contribution in [3.63, 3.8) is 0 Å². The highest BCUT2D eigenvalue weighted by molar-refractivity contribution is 7.93. The number of tetrazole rings is 1. The van der Waals surface area contributed by atoms with Crippen molar-refractivity contribution in [2.24, 2.45) is 0 Å². The van der Waals surface area contributed by atoms with E-state index in [1.54, 1.807) is 18.2 Å². The summed E-state index contributed by atoms with van der Waals surface area (Å²) in [6.45, 7) is 1.82. The van der Waals surface area contributed by atoms with Crippen molar-refractivity contribution < 1.29 is 8.42 Å². The van der Waals surface area contributed by atoms with E-state index in [-0.39, 0.29) is 9.23 Å². The van der Waals surface area contributed by atoms with Crippen LogP contribution >= 0.6 is 34.5 Å². The Hall–Kier alpha value is -1.68. The van der Waals surface area contributed by atoms with Crippen molar-refractivity contribution in [3.05, 3.63) is 44.8 Å². The summed E-state index contributed by atoms with van der Waals surface area (Å²) < 4.78 is 29.1. The second-order valence-corrected chi connectivity index (χ2v) is 8.49. The minimum absolute atomic E-state index is 0.0450. The lowest BCUT2D eigenvalue weighted by molar-refractivity contribution is 0.601. The van der Waals surface area contributed by atoms with E-state index in [9.17, 15) is 8.42 Å². The van der Waals surface area contributed by atoms with E-state index in [0.717, 1.165) is 22.6 Å². The number of nitrogens with zero attached hydrogens (tertiary/aromatic N) is 4. The Labute approximate surface area is 145 Å². The van der Waals surface area contributed by atoms with Crippen molar-refractivity contribution in [3.8, 4) is 5.69 Å². The molecule has 3 rings (SSSR count). The molecule has 7 nitrogen and oxygen atoms in total. The lowest BCUT2D eigenvalue weighted by atomic mass is 10.2. The van der Waals surface area contributed by atoms with Crippen LogP contribution in [-0.4, -0.2) is 28.6 Å². The maximum atomic E-state index is 12.4. The first kappa shape index (κ1) is 16.2. The van der Waals surface area contributed by atoms with Crippen molar-refractivity contribution in [2.75, 3.05) is 4.72 Å². The van der Waals surface area contributed by atoms with Crippen molar-refractivity contribution in [1.29, 1.82) is 0 Å². The molecular weight excluding hydrogens is 381 g/mol. The standard InChI is InChI=1S/C12H9Cl2N5O2S2/c1-7-4-8(2-3-9(7)19-6-15-17-18-19)16-23(20,21)10-5-11(13)22-12(10)14/h2-6,16H,1H3. The Balaban J connectivity index is 1.91. The smallest absolute Gasteiger partial charge is 0.264 e. The number of benzene rings is 1. The van der Waals surface area contributed by atoms with E-state index in [1.165, 1.54) is 17.1 Å². The zero-order chi connectivity index (χ0) is 16.6. The van der Waals surface area contributed by atoms with Gasteiger partial charge in [0.05, 0.1) is 10.0 Å². The van der Waals surface area contributed by atoms with Gasteiger partial charge in [-0.05, 0) is 47.2 Å². The average Bonchev–Trinajstić information content (AvgIpc) is 3.08. The van der Waals surface area contributed by atoms with Crippen LogP contribution in [0.2, 0.25) is 8.67 Å². The number of halogens is 2. The molecular formula is C12H9Cl2N5O2S2. The SMILES string of the molecule is Cc1cc(NS(=O)(=O)c2cc(Cl)sc2Cl)ccc1-n1cnnn1. The van der Waals surface area contributed by atoms with E-state index < -0.39 is 10.0 Å². The van der Waals surface area contributed by atoms with E-state index >= 15 is 0 Å². The van der Waals surface area contributed by atoms with Gasteiger partial charge in [-0.2, -0.15) is 0 Å². The van der Waals surface area contributed by atoms with Crippen LogP contribution in [0.15, 0.2) is 35.5 Å². The van der Waals surface area contributed by atoms with Crippen LogP contribution in [0.3, 0.4) is 0 Å². The van der Waals surface area contributed by atoms with Crippen LogP contribution in [0.1, 0.15) is 5.56 Å². The second-order valence-electron chi connectivity index (χ2n) is 4.55. The van der Waals surface area contributed by atoms with Gasteiger partial charge in [-0.3, -0.25) is 4.72 Å². The molecule has 3 aromatic rings. The zero-order valence-electron chi connectivity index (χ0n) is 11.6. The van der Waals surface area contributed by atoms with Crippen molar-refractivity contribution in [1.82, 2.24) is 20.2 Å². The third-order valence-electron chi connectivity index (χ3n) is 2.96. The van der Waals surface area contributed by atoms with Gasteiger partial charge in [0.2, 0.25) is 0 Å². The molecule has 0 radical (unpaired) electrons. The monoisotopic (exact) mass is 389 g/mol. The lowest BCUT2D eigenvalue weighted by Crippen LogP contribution is -2.13. The van der Waals surface area contributed by atoms with E-state index in [2.05, 4.69) is 20.2 Å². The van der Waals surface area contributed by atoms with Crippen molar-refractivity contribution in [2.45, 2.75) is 11.8 Å². The van der Waals surface area contributed by atoms with Gasteiger partial charge in [-0.15, -0.1) is 16.4 Å². The molecule has 0 amide bonds. The molecule has 2 heterocycles. The molecule has 0 aliphatic heterocycles. The number of aryl methyl sites for hydroxylation is 1. The van der Waals surface area contributed by atoms with E-state index in [0.29, 0.717) is 10.0 Å². The fourth-order valence-electron chi connectivity index (χ4n) is 1.97. The largest absolute Gasteiger partial charge is 0.280 e. The fourth-order valence-corrected chi connectivity index (χ4v) is 5.17. The number of thiophene rings is 1. The minimum atomic E-state index is -3.81. The topological polar surface area (TPSA) is 89.8 Å². The molecule has 0 unspecified atom stereocenters. The van der Waals surface area contributed by atoms with Gasteiger partial charge in [0.25, 0.3) is 10.0 Å². The number of hydrogen-bond donors (Lipinski definition) is 1. The van der Waals surface area contributed by atoms with Gasteiger partial charge in [-0.1, -0.05) is 23.2 Å². The van der Waals surface area contributed by atoms with E-state index in [1.807, 2.05) is 6.92 Å². The molecule has 0 aliphatic rings. The Morgan fingerprint density at radius 1 is 1.26 bits per heavy atom. The average molecular weight is 390 g/mol. The lowest BCUT2D eigenvalue weighted by Gasteiger charge is -2.10. The molecule has 120 valence electrons. The van der Waals surface area contributed by atoms with Crippen LogP contribution in [-0.2, 0) is 10.0 Å². The summed E-state index contributed by atoms with van der Waals surface area (Å²) in [5.41, 5.74) is 1.94. The molecule has 0 saturated heterocycles. The van der Waals surface area contributed by atoms with Gasteiger partial charge >= 0.3 is 0 Å². The molecule has 0 bridgehead atoms. The first-order chi connectivity index (χ1) is 10.9. The number of hydrogen-bond acceptors (Lipinski definition) is 6. The highest BCUT2D eigenvalue weighted by Crippen LogP contribution is 2.35. The number of aromatic nitrogens is 4. The molecule has 2 aromatic heterocycles. The fraction of sp³-hybridized carbons (Fsp3) is 0.0833. The molecule has 1 aromatic carbocycles. The zero-order valence-corrected chi connectivity index (χ0v) is 14.7. The molecule has 0 saturated carbocycles. The van der Waals surface area contributed by atoms with Gasteiger partial charge in [0.1, 0.15) is 15.6 Å². The summed E-state index contributed by atoms with van der Waals surface area (Å²) in [6, 6.07) is 6.32. The van der Waals surface area contributed by atoms with Gasteiger partial charge in [0, 0.05) is 5.69 Å². The molecule has 0 spiro atoms. The molecule has 0 aliphatic carbocycles. The highest BCUT2D eigenvalue weighted by atomic mass is 35.5. The summed E-state index contributed by atoms with van der Waals surface area (Å²) in [5.74, 6) is 0. The first-order valence-corrected chi connectivity index (χ1v) is 9.24. The predicted molar refractivity (Wildman–Crippen MR) is 89.0 cm³/mol. The first-order valence-electron chi connectivity index (χ1n) is 6.18. The maximum Gasteiger partial charge on any atom is 0.264 e. The Morgan fingerprint density at radius 2 is 2.04 bits per heavy atom. The van der Waals surface area contributed by atoms with Gasteiger partial charge < -0.3 is 0 Å². The van der Waals surface area contributed by atoms with Crippen LogP contribution < -0.4 is 4.72 Å². The number of rotatable bonds is 4. The van der Waals surface area contributed by atoms with E-state index in [4.69, 9.17) is 23.2 Å². The predicted octanol–water partition coefficient (Wildman–Crippen LogP) is 3.14. The summed E-state index contributed by atoms with van der Waals surface area (Å²) in [4.78, 5) is -0.0450. The molecule has 0 fully saturated rings. The van der Waals surface area contributed by atoms with Gasteiger partial charge in [-0.25, -0.2) is 13.1 Å². The highest BCUT2D eigenvalue weighted by Gasteiger charge is 2.21. The van der Waals surface area contributed by atoms with Crippen LogP contribution in [0.5, 0.6) is 0 Å². The van der Waals surface area contributed by atoms with Crippen LogP contribution in [0, 0.1) is 6.92 Å². The van der Waals surface area contributed by atoms with Crippen molar-refractivity contribution >= 4 is 50.2 Å². The number of nitrogens with one attached hydrogen (secondary N) is 1. The minimum Gasteiger partial charge on any atom is -0.280 e. The number of sulfonamides is 1. The Kier molecular flexibility index (Phi) is 4.28. The van der Waals surface area contributed by atoms with Gasteiger partial charge in [0.15, 0.2) is 0 Å². The third kappa shape index (κ3) is 3.32. The van der Waals surface area contributed by atoms with Crippen LogP contribution in [0.4, 0.5) is 5.69 Å². The summed E-state index contributed by atoms with van der Waals surface area (Å²) in [7, 11) is -3.81. The molecule has 11 heteroatoms. The number of anilines is 1. The third-order valence-corrected chi connectivity index (χ3v) is 6.09. The summed E-state index contributed by atoms with van der Waals surface area (Å²) >= 11 is 12.7. The quantitative estimate of drug-likeness (QED) is 0.739. The van der Waals surface area contributed by atoms with Crippen LogP contribution in [0.25, 0.3) is 5.69 Å². The Bertz CT molecular complexity index is 954.